The van der Waals surface area contributed by atoms with Crippen LogP contribution in [-0.2, 0) is 19.1 Å². The summed E-state index contributed by atoms with van der Waals surface area (Å²) in [6.07, 6.45) is 1.57. The molecule has 0 aromatic heterocycles. The van der Waals surface area contributed by atoms with E-state index in [1.807, 2.05) is 27.7 Å². The zero-order valence-electron chi connectivity index (χ0n) is 17.2. The van der Waals surface area contributed by atoms with Crippen molar-refractivity contribution in [3.8, 4) is 0 Å². The van der Waals surface area contributed by atoms with Gasteiger partial charge in [-0.3, -0.25) is 0 Å². The van der Waals surface area contributed by atoms with Crippen LogP contribution in [0.5, 0.6) is 0 Å². The van der Waals surface area contributed by atoms with Gasteiger partial charge < -0.3 is 9.47 Å². The summed E-state index contributed by atoms with van der Waals surface area (Å²) in [5, 5.41) is 0. The van der Waals surface area contributed by atoms with Crippen molar-refractivity contribution in [2.24, 2.45) is 26.7 Å². The summed E-state index contributed by atoms with van der Waals surface area (Å²) in [4.78, 5) is 33.6. The van der Waals surface area contributed by atoms with Crippen LogP contribution >= 0.6 is 0 Å². The summed E-state index contributed by atoms with van der Waals surface area (Å²) in [6.45, 7) is 14.1. The molecule has 1 fully saturated rings. The van der Waals surface area contributed by atoms with Crippen LogP contribution < -0.4 is 0 Å². The van der Waals surface area contributed by atoms with E-state index in [0.717, 1.165) is 24.0 Å². The Morgan fingerprint density at radius 2 is 1.67 bits per heavy atom. The first kappa shape index (κ1) is 19.5. The summed E-state index contributed by atoms with van der Waals surface area (Å²) >= 11 is 0. The summed E-state index contributed by atoms with van der Waals surface area (Å²) in [5.74, 6) is 0.213. The van der Waals surface area contributed by atoms with Crippen molar-refractivity contribution in [2.45, 2.75) is 61.3 Å². The second-order valence-electron chi connectivity index (χ2n) is 8.82. The van der Waals surface area contributed by atoms with E-state index in [1.54, 1.807) is 0 Å². The first-order valence-electron chi connectivity index (χ1n) is 9.40. The number of rotatable bonds is 2. The van der Waals surface area contributed by atoms with E-state index >= 15 is 0 Å². The fourth-order valence-corrected chi connectivity index (χ4v) is 4.15. The minimum atomic E-state index is -0.441. The molecule has 2 aliphatic heterocycles. The third-order valence-electron chi connectivity index (χ3n) is 6.50. The molecular formula is C21H28N2O4. The van der Waals surface area contributed by atoms with E-state index in [4.69, 9.17) is 9.47 Å². The van der Waals surface area contributed by atoms with E-state index in [1.165, 1.54) is 0 Å². The molecule has 0 amide bonds. The van der Waals surface area contributed by atoms with E-state index in [9.17, 15) is 9.59 Å². The van der Waals surface area contributed by atoms with Crippen LogP contribution in [0.2, 0.25) is 0 Å². The van der Waals surface area contributed by atoms with Gasteiger partial charge in [-0.05, 0) is 51.5 Å². The smallest absolute Gasteiger partial charge is 0.363 e. The Balaban J connectivity index is 1.93. The van der Waals surface area contributed by atoms with Crippen LogP contribution in [0, 0.1) is 16.7 Å². The van der Waals surface area contributed by atoms with Crippen molar-refractivity contribution >= 4 is 23.7 Å². The van der Waals surface area contributed by atoms with Crippen molar-refractivity contribution in [1.82, 2.24) is 0 Å². The van der Waals surface area contributed by atoms with Gasteiger partial charge in [0.25, 0.3) is 0 Å². The van der Waals surface area contributed by atoms with Crippen LogP contribution in [-0.4, -0.2) is 30.3 Å². The molecule has 27 heavy (non-hydrogen) atoms. The molecule has 0 aromatic carbocycles. The number of hydrogen-bond acceptors (Lipinski definition) is 6. The lowest BCUT2D eigenvalue weighted by molar-refractivity contribution is -0.133. The van der Waals surface area contributed by atoms with Crippen LogP contribution in [0.15, 0.2) is 32.4 Å². The molecule has 0 bridgehead atoms. The van der Waals surface area contributed by atoms with Crippen LogP contribution in [0.1, 0.15) is 61.3 Å². The molecule has 146 valence electrons. The summed E-state index contributed by atoms with van der Waals surface area (Å²) in [5.41, 5.74) is 2.00. The van der Waals surface area contributed by atoms with Gasteiger partial charge in [0.15, 0.2) is 5.70 Å². The molecular weight excluding hydrogens is 344 g/mol. The second-order valence-corrected chi connectivity index (χ2v) is 8.82. The van der Waals surface area contributed by atoms with E-state index in [-0.39, 0.29) is 23.3 Å². The van der Waals surface area contributed by atoms with Crippen molar-refractivity contribution in [3.63, 3.8) is 0 Å². The molecule has 0 aromatic rings. The normalized spacial score (nSPS) is 30.0. The third kappa shape index (κ3) is 2.95. The van der Waals surface area contributed by atoms with Gasteiger partial charge in [0.05, 0.1) is 12.1 Å². The summed E-state index contributed by atoms with van der Waals surface area (Å²) in [6, 6.07) is 0. The van der Waals surface area contributed by atoms with E-state index < -0.39 is 5.41 Å². The molecule has 1 saturated carbocycles. The highest BCUT2D eigenvalue weighted by molar-refractivity contribution is 6.07. The average molecular weight is 372 g/mol. The molecule has 2 atom stereocenters. The van der Waals surface area contributed by atoms with Gasteiger partial charge in [0.2, 0.25) is 11.8 Å². The number of allylic oxidation sites excluding steroid dienone is 2. The predicted octanol–water partition coefficient (Wildman–Crippen LogP) is 3.97. The highest BCUT2D eigenvalue weighted by atomic mass is 16.6. The molecule has 3 aliphatic rings. The number of ether oxygens (including phenoxy) is 2. The third-order valence-corrected chi connectivity index (χ3v) is 6.50. The molecule has 3 rings (SSSR count). The van der Waals surface area contributed by atoms with E-state index in [2.05, 4.69) is 30.8 Å². The number of cyclic esters (lactones) is 2. The Morgan fingerprint density at radius 3 is 2.19 bits per heavy atom. The molecule has 0 unspecified atom stereocenters. The van der Waals surface area contributed by atoms with Crippen molar-refractivity contribution in [3.05, 3.63) is 22.4 Å². The van der Waals surface area contributed by atoms with Crippen LogP contribution in [0.3, 0.4) is 0 Å². The topological polar surface area (TPSA) is 77.3 Å². The standard InChI is InChI=1S/C21H28N2O4/c1-11(2)13-10-22-19(27-17(13)24)21(7)9-8-14(20(21,5)6)16-23-15(12(3)4)18(25)26-16/h14H,8-10H2,1-7H3/t14-,21-/m1/s1. The van der Waals surface area contributed by atoms with E-state index in [0.29, 0.717) is 29.6 Å². The van der Waals surface area contributed by atoms with Gasteiger partial charge >= 0.3 is 11.9 Å². The number of aliphatic imine (C=N–C) groups is 2. The number of hydrogen-bond donors (Lipinski definition) is 0. The SMILES string of the molecule is CC(C)=C1CN=C([C@@]2(C)CC[C@H](C3=NC(=C(C)C)C(=O)O3)C2(C)C)OC1=O. The maximum absolute atomic E-state index is 12.4. The van der Waals surface area contributed by atoms with Crippen molar-refractivity contribution in [1.29, 1.82) is 0 Å². The fourth-order valence-electron chi connectivity index (χ4n) is 4.15. The van der Waals surface area contributed by atoms with Gasteiger partial charge in [-0.15, -0.1) is 0 Å². The lowest BCUT2D eigenvalue weighted by Gasteiger charge is -2.41. The highest BCUT2D eigenvalue weighted by Crippen LogP contribution is 2.58. The first-order chi connectivity index (χ1) is 12.5. The van der Waals surface area contributed by atoms with Crippen LogP contribution in [0.25, 0.3) is 0 Å². The summed E-state index contributed by atoms with van der Waals surface area (Å²) < 4.78 is 11.2. The van der Waals surface area contributed by atoms with Gasteiger partial charge in [0.1, 0.15) is 0 Å². The predicted molar refractivity (Wildman–Crippen MR) is 103 cm³/mol. The van der Waals surface area contributed by atoms with Gasteiger partial charge in [-0.25, -0.2) is 19.6 Å². The quantitative estimate of drug-likeness (QED) is 0.543. The first-order valence-corrected chi connectivity index (χ1v) is 9.40. The molecule has 6 nitrogen and oxygen atoms in total. The summed E-state index contributed by atoms with van der Waals surface area (Å²) in [7, 11) is 0. The Morgan fingerprint density at radius 1 is 1.00 bits per heavy atom. The maximum Gasteiger partial charge on any atom is 0.363 e. The molecule has 2 heterocycles. The van der Waals surface area contributed by atoms with Gasteiger partial charge in [-0.2, -0.15) is 0 Å². The van der Waals surface area contributed by atoms with Gasteiger partial charge in [0, 0.05) is 11.3 Å². The van der Waals surface area contributed by atoms with Crippen molar-refractivity contribution < 1.29 is 19.1 Å². The maximum atomic E-state index is 12.4. The minimum absolute atomic E-state index is 0.0467. The molecule has 0 spiro atoms. The largest absolute Gasteiger partial charge is 0.408 e. The fraction of sp³-hybridized carbons (Fsp3) is 0.619. The Hall–Kier alpha value is -2.24. The van der Waals surface area contributed by atoms with Crippen LogP contribution in [0.4, 0.5) is 0 Å². The molecule has 0 saturated heterocycles. The monoisotopic (exact) mass is 372 g/mol. The zero-order chi connectivity index (χ0) is 20.1. The number of carbonyl (C=O) groups excluding carboxylic acids is 2. The Bertz CT molecular complexity index is 836. The minimum Gasteiger partial charge on any atom is -0.408 e. The molecule has 0 radical (unpaired) electrons. The van der Waals surface area contributed by atoms with Crippen molar-refractivity contribution in [2.75, 3.05) is 6.54 Å². The number of nitrogens with zero attached hydrogens (tertiary/aromatic N) is 2. The molecule has 0 N–H and O–H groups in total. The molecule has 6 heteroatoms. The number of esters is 2. The lowest BCUT2D eigenvalue weighted by Crippen LogP contribution is -2.46. The zero-order valence-corrected chi connectivity index (χ0v) is 17.2. The second kappa shape index (κ2) is 6.43. The van der Waals surface area contributed by atoms with Gasteiger partial charge in [-0.1, -0.05) is 26.3 Å². The Labute approximate surface area is 160 Å². The number of carbonyl (C=O) groups is 2. The average Bonchev–Trinajstić information content (AvgIpc) is 3.05. The highest BCUT2D eigenvalue weighted by Gasteiger charge is 2.59. The lowest BCUT2D eigenvalue weighted by atomic mass is 9.65. The Kier molecular flexibility index (Phi) is 4.65. The molecule has 1 aliphatic carbocycles.